The van der Waals surface area contributed by atoms with Crippen LogP contribution in [0, 0.1) is 5.82 Å². The molecule has 0 aliphatic rings. The second-order valence-electron chi connectivity index (χ2n) is 3.93. The molecule has 0 spiro atoms. The van der Waals surface area contributed by atoms with E-state index in [1.165, 1.54) is 19.2 Å². The predicted molar refractivity (Wildman–Crippen MR) is 67.6 cm³/mol. The Morgan fingerprint density at radius 3 is 3.05 bits per heavy atom. The molecule has 2 N–H and O–H groups in total. The molecule has 0 radical (unpaired) electrons. The minimum absolute atomic E-state index is 0.0720. The molecule has 0 atom stereocenters. The monoisotopic (exact) mass is 263 g/mol. The van der Waals surface area contributed by atoms with Crippen molar-refractivity contribution in [2.45, 2.75) is 6.42 Å². The molecular weight excluding hydrogens is 249 g/mol. The molecule has 2 rings (SSSR count). The van der Waals surface area contributed by atoms with E-state index >= 15 is 0 Å². The number of benzene rings is 1. The summed E-state index contributed by atoms with van der Waals surface area (Å²) in [6, 6.07) is 4.28. The van der Waals surface area contributed by atoms with E-state index in [-0.39, 0.29) is 11.3 Å². The van der Waals surface area contributed by atoms with Gasteiger partial charge in [-0.25, -0.2) is 4.39 Å². The van der Waals surface area contributed by atoms with Crippen LogP contribution in [-0.2, 0) is 6.42 Å². The average molecular weight is 263 g/mol. The maximum absolute atomic E-state index is 13.6. The first-order valence-electron chi connectivity index (χ1n) is 5.80. The van der Waals surface area contributed by atoms with Crippen molar-refractivity contribution in [1.29, 1.82) is 0 Å². The zero-order valence-corrected chi connectivity index (χ0v) is 10.4. The van der Waals surface area contributed by atoms with Crippen LogP contribution in [0.5, 0.6) is 5.75 Å². The zero-order valence-electron chi connectivity index (χ0n) is 10.4. The average Bonchev–Trinajstić information content (AvgIpc) is 2.91. The molecule has 1 heterocycles. The van der Waals surface area contributed by atoms with Crippen LogP contribution in [0.2, 0.25) is 0 Å². The fraction of sp³-hybridized carbons (Fsp3) is 0.231. The van der Waals surface area contributed by atoms with Crippen molar-refractivity contribution >= 4 is 5.91 Å². The molecule has 0 aliphatic heterocycles. The number of hydrogen-bond acceptors (Lipinski definition) is 3. The number of halogens is 1. The summed E-state index contributed by atoms with van der Waals surface area (Å²) in [6.07, 6.45) is 4.05. The first-order chi connectivity index (χ1) is 9.22. The number of nitrogens with zero attached hydrogens (tertiary/aromatic N) is 1. The van der Waals surface area contributed by atoms with Crippen LogP contribution in [0.25, 0.3) is 0 Å². The number of ether oxygens (including phenoxy) is 1. The highest BCUT2D eigenvalue weighted by Gasteiger charge is 2.16. The molecule has 0 saturated carbocycles. The van der Waals surface area contributed by atoms with Gasteiger partial charge in [-0.1, -0.05) is 6.07 Å². The van der Waals surface area contributed by atoms with E-state index in [9.17, 15) is 9.18 Å². The van der Waals surface area contributed by atoms with Gasteiger partial charge in [0.2, 0.25) is 0 Å². The molecule has 0 aliphatic carbocycles. The molecular formula is C13H14FN3O2. The number of aromatic amines is 1. The fourth-order valence-corrected chi connectivity index (χ4v) is 1.72. The summed E-state index contributed by atoms with van der Waals surface area (Å²) in [5, 5.41) is 9.14. The molecule has 2 aromatic rings. The number of aromatic nitrogens is 2. The molecule has 0 saturated heterocycles. The number of hydrogen-bond donors (Lipinski definition) is 2. The van der Waals surface area contributed by atoms with Crippen molar-refractivity contribution < 1.29 is 13.9 Å². The van der Waals surface area contributed by atoms with Crippen molar-refractivity contribution in [3.8, 4) is 5.75 Å². The molecule has 19 heavy (non-hydrogen) atoms. The van der Waals surface area contributed by atoms with Gasteiger partial charge in [0.1, 0.15) is 17.1 Å². The zero-order chi connectivity index (χ0) is 13.7. The van der Waals surface area contributed by atoms with E-state index in [1.54, 1.807) is 18.5 Å². The number of rotatable bonds is 5. The maximum Gasteiger partial charge on any atom is 0.258 e. The molecule has 1 amide bonds. The highest BCUT2D eigenvalue weighted by atomic mass is 19.1. The SMILES string of the molecule is COc1cccc(F)c1C(=O)NCCc1cn[nH]c1. The van der Waals surface area contributed by atoms with Gasteiger partial charge in [-0.2, -0.15) is 5.10 Å². The summed E-state index contributed by atoms with van der Waals surface area (Å²) in [7, 11) is 1.40. The second-order valence-corrected chi connectivity index (χ2v) is 3.93. The Hall–Kier alpha value is -2.37. The summed E-state index contributed by atoms with van der Waals surface area (Å²) in [6.45, 7) is 0.399. The van der Waals surface area contributed by atoms with Crippen LogP contribution >= 0.6 is 0 Å². The van der Waals surface area contributed by atoms with Crippen molar-refractivity contribution in [2.24, 2.45) is 0 Å². The van der Waals surface area contributed by atoms with Crippen molar-refractivity contribution in [3.05, 3.63) is 47.5 Å². The highest BCUT2D eigenvalue weighted by Crippen LogP contribution is 2.20. The quantitative estimate of drug-likeness (QED) is 0.859. The van der Waals surface area contributed by atoms with E-state index in [4.69, 9.17) is 4.74 Å². The van der Waals surface area contributed by atoms with Gasteiger partial charge in [0.15, 0.2) is 0 Å². The number of nitrogens with one attached hydrogen (secondary N) is 2. The number of amides is 1. The Bertz CT molecular complexity index is 555. The lowest BCUT2D eigenvalue weighted by molar-refractivity contribution is 0.0947. The van der Waals surface area contributed by atoms with E-state index in [0.717, 1.165) is 5.56 Å². The number of carbonyl (C=O) groups is 1. The highest BCUT2D eigenvalue weighted by molar-refractivity contribution is 5.97. The molecule has 5 nitrogen and oxygen atoms in total. The lowest BCUT2D eigenvalue weighted by atomic mass is 10.1. The maximum atomic E-state index is 13.6. The van der Waals surface area contributed by atoms with Gasteiger partial charge in [0, 0.05) is 12.7 Å². The topological polar surface area (TPSA) is 67.0 Å². The third-order valence-electron chi connectivity index (χ3n) is 2.68. The van der Waals surface area contributed by atoms with Gasteiger partial charge in [0.05, 0.1) is 13.3 Å². The van der Waals surface area contributed by atoms with Gasteiger partial charge in [-0.05, 0) is 24.1 Å². The Kier molecular flexibility index (Phi) is 4.12. The summed E-state index contributed by atoms with van der Waals surface area (Å²) in [5.41, 5.74) is 0.901. The predicted octanol–water partition coefficient (Wildman–Crippen LogP) is 1.53. The van der Waals surface area contributed by atoms with Crippen LogP contribution < -0.4 is 10.1 Å². The molecule has 0 unspecified atom stereocenters. The Morgan fingerprint density at radius 2 is 2.37 bits per heavy atom. The first kappa shape index (κ1) is 13.1. The van der Waals surface area contributed by atoms with Gasteiger partial charge >= 0.3 is 0 Å². The van der Waals surface area contributed by atoms with Gasteiger partial charge < -0.3 is 10.1 Å². The van der Waals surface area contributed by atoms with Gasteiger partial charge in [-0.3, -0.25) is 9.89 Å². The third-order valence-corrected chi connectivity index (χ3v) is 2.68. The lowest BCUT2D eigenvalue weighted by Crippen LogP contribution is -2.27. The van der Waals surface area contributed by atoms with E-state index in [2.05, 4.69) is 15.5 Å². The molecule has 1 aromatic carbocycles. The first-order valence-corrected chi connectivity index (χ1v) is 5.80. The van der Waals surface area contributed by atoms with Crippen LogP contribution in [0.1, 0.15) is 15.9 Å². The van der Waals surface area contributed by atoms with Crippen LogP contribution in [0.15, 0.2) is 30.6 Å². The Balaban J connectivity index is 2.00. The summed E-state index contributed by atoms with van der Waals surface area (Å²) >= 11 is 0. The molecule has 6 heteroatoms. The smallest absolute Gasteiger partial charge is 0.258 e. The van der Waals surface area contributed by atoms with E-state index in [1.807, 2.05) is 0 Å². The Morgan fingerprint density at radius 1 is 1.53 bits per heavy atom. The second kappa shape index (κ2) is 5.99. The van der Waals surface area contributed by atoms with Crippen LogP contribution in [0.3, 0.4) is 0 Å². The van der Waals surface area contributed by atoms with E-state index < -0.39 is 11.7 Å². The Labute approximate surface area is 109 Å². The van der Waals surface area contributed by atoms with Crippen molar-refractivity contribution in [1.82, 2.24) is 15.5 Å². The summed E-state index contributed by atoms with van der Waals surface area (Å²) in [5.74, 6) is -0.862. The van der Waals surface area contributed by atoms with Crippen molar-refractivity contribution in [2.75, 3.05) is 13.7 Å². The van der Waals surface area contributed by atoms with Crippen LogP contribution in [0.4, 0.5) is 4.39 Å². The van der Waals surface area contributed by atoms with E-state index in [0.29, 0.717) is 13.0 Å². The normalized spacial score (nSPS) is 10.2. The molecule has 0 bridgehead atoms. The molecule has 100 valence electrons. The number of methoxy groups -OCH3 is 1. The van der Waals surface area contributed by atoms with Gasteiger partial charge in [0.25, 0.3) is 5.91 Å². The fourth-order valence-electron chi connectivity index (χ4n) is 1.72. The largest absolute Gasteiger partial charge is 0.496 e. The summed E-state index contributed by atoms with van der Waals surface area (Å²) in [4.78, 5) is 11.9. The molecule has 0 fully saturated rings. The van der Waals surface area contributed by atoms with Gasteiger partial charge in [-0.15, -0.1) is 0 Å². The standard InChI is InChI=1S/C13H14FN3O2/c1-19-11-4-2-3-10(14)12(11)13(18)15-6-5-9-7-16-17-8-9/h2-4,7-8H,5-6H2,1H3,(H,15,18)(H,16,17). The third kappa shape index (κ3) is 3.09. The minimum atomic E-state index is -0.597. The lowest BCUT2D eigenvalue weighted by Gasteiger charge is -2.09. The van der Waals surface area contributed by atoms with Crippen molar-refractivity contribution in [3.63, 3.8) is 0 Å². The molecule has 1 aromatic heterocycles. The number of carbonyl (C=O) groups excluding carboxylic acids is 1. The minimum Gasteiger partial charge on any atom is -0.496 e. The summed E-state index contributed by atoms with van der Waals surface area (Å²) < 4.78 is 18.6. The number of H-pyrrole nitrogens is 1. The van der Waals surface area contributed by atoms with Crippen LogP contribution in [-0.4, -0.2) is 29.8 Å².